The van der Waals surface area contributed by atoms with Crippen molar-refractivity contribution in [3.63, 3.8) is 0 Å². The van der Waals surface area contributed by atoms with Crippen LogP contribution in [-0.2, 0) is 0 Å². The SMILES string of the molecule is CCCCCCCN1C=CN(C(C)C)C1C. The molecule has 1 aliphatic rings. The van der Waals surface area contributed by atoms with Crippen molar-refractivity contribution < 1.29 is 0 Å². The topological polar surface area (TPSA) is 6.48 Å². The summed E-state index contributed by atoms with van der Waals surface area (Å²) in [5.74, 6) is 0. The van der Waals surface area contributed by atoms with Crippen LogP contribution in [-0.4, -0.2) is 28.6 Å². The van der Waals surface area contributed by atoms with E-state index in [1.165, 1.54) is 38.6 Å². The third-order valence-electron chi connectivity index (χ3n) is 3.46. The van der Waals surface area contributed by atoms with Crippen LogP contribution in [0.5, 0.6) is 0 Å². The Bertz CT molecular complexity index is 211. The van der Waals surface area contributed by atoms with Gasteiger partial charge in [0, 0.05) is 25.0 Å². The van der Waals surface area contributed by atoms with Crippen LogP contribution in [0.1, 0.15) is 59.8 Å². The van der Waals surface area contributed by atoms with E-state index in [0.29, 0.717) is 12.2 Å². The summed E-state index contributed by atoms with van der Waals surface area (Å²) in [6, 6.07) is 0.608. The molecule has 0 aromatic rings. The van der Waals surface area contributed by atoms with Crippen LogP contribution in [0.4, 0.5) is 0 Å². The van der Waals surface area contributed by atoms with E-state index in [-0.39, 0.29) is 0 Å². The van der Waals surface area contributed by atoms with Gasteiger partial charge >= 0.3 is 0 Å². The fourth-order valence-electron chi connectivity index (χ4n) is 2.35. The van der Waals surface area contributed by atoms with Gasteiger partial charge in [-0.05, 0) is 27.2 Å². The minimum atomic E-state index is 0.547. The van der Waals surface area contributed by atoms with E-state index in [2.05, 4.69) is 49.9 Å². The Morgan fingerprint density at radius 2 is 1.75 bits per heavy atom. The van der Waals surface area contributed by atoms with Crippen LogP contribution < -0.4 is 0 Å². The molecule has 0 aromatic heterocycles. The van der Waals surface area contributed by atoms with Crippen molar-refractivity contribution in [3.05, 3.63) is 12.4 Å². The molecular formula is C14H28N2. The van der Waals surface area contributed by atoms with Crippen molar-refractivity contribution in [2.45, 2.75) is 72.0 Å². The number of hydrogen-bond donors (Lipinski definition) is 0. The highest BCUT2D eigenvalue weighted by Crippen LogP contribution is 2.19. The first-order chi connectivity index (χ1) is 7.66. The Morgan fingerprint density at radius 1 is 1.06 bits per heavy atom. The van der Waals surface area contributed by atoms with Crippen molar-refractivity contribution in [2.24, 2.45) is 0 Å². The first-order valence-electron chi connectivity index (χ1n) is 6.88. The Kier molecular flexibility index (Phi) is 5.72. The lowest BCUT2D eigenvalue weighted by Crippen LogP contribution is -2.39. The zero-order chi connectivity index (χ0) is 12.0. The van der Waals surface area contributed by atoms with Gasteiger partial charge in [-0.25, -0.2) is 0 Å². The van der Waals surface area contributed by atoms with E-state index in [1.54, 1.807) is 0 Å². The fraction of sp³-hybridized carbons (Fsp3) is 0.857. The first kappa shape index (κ1) is 13.4. The monoisotopic (exact) mass is 224 g/mol. The second kappa shape index (κ2) is 6.82. The number of hydrogen-bond acceptors (Lipinski definition) is 2. The molecule has 1 aliphatic heterocycles. The molecule has 0 spiro atoms. The molecule has 0 amide bonds. The Morgan fingerprint density at radius 3 is 2.31 bits per heavy atom. The standard InChI is InChI=1S/C14H28N2/c1-5-6-7-8-9-10-15-11-12-16(13(2)3)14(15)4/h11-14H,5-10H2,1-4H3. The lowest BCUT2D eigenvalue weighted by molar-refractivity contribution is 0.141. The molecule has 1 rings (SSSR count). The van der Waals surface area contributed by atoms with E-state index in [9.17, 15) is 0 Å². The maximum atomic E-state index is 2.46. The quantitative estimate of drug-likeness (QED) is 0.607. The number of nitrogens with zero attached hydrogens (tertiary/aromatic N) is 2. The predicted molar refractivity (Wildman–Crippen MR) is 71.0 cm³/mol. The van der Waals surface area contributed by atoms with Crippen molar-refractivity contribution in [3.8, 4) is 0 Å². The van der Waals surface area contributed by atoms with E-state index in [0.717, 1.165) is 0 Å². The van der Waals surface area contributed by atoms with E-state index >= 15 is 0 Å². The molecule has 94 valence electrons. The molecule has 1 atom stereocenters. The minimum Gasteiger partial charge on any atom is -0.356 e. The zero-order valence-electron chi connectivity index (χ0n) is 11.4. The minimum absolute atomic E-state index is 0.547. The van der Waals surface area contributed by atoms with Gasteiger partial charge in [0.15, 0.2) is 0 Å². The summed E-state index contributed by atoms with van der Waals surface area (Å²) in [4.78, 5) is 4.89. The highest BCUT2D eigenvalue weighted by atomic mass is 15.4. The lowest BCUT2D eigenvalue weighted by Gasteiger charge is -2.32. The number of rotatable bonds is 7. The summed E-state index contributed by atoms with van der Waals surface area (Å²) in [6.07, 6.45) is 11.9. The van der Waals surface area contributed by atoms with Gasteiger partial charge in [-0.2, -0.15) is 0 Å². The summed E-state index contributed by atoms with van der Waals surface area (Å²) < 4.78 is 0. The molecule has 1 heterocycles. The zero-order valence-corrected chi connectivity index (χ0v) is 11.4. The predicted octanol–water partition coefficient (Wildman–Crippen LogP) is 3.80. The third kappa shape index (κ3) is 3.73. The van der Waals surface area contributed by atoms with Crippen LogP contribution in [0.25, 0.3) is 0 Å². The smallest absolute Gasteiger partial charge is 0.0980 e. The molecule has 0 aliphatic carbocycles. The molecule has 0 N–H and O–H groups in total. The van der Waals surface area contributed by atoms with Gasteiger partial charge in [0.05, 0.1) is 6.17 Å². The number of unbranched alkanes of at least 4 members (excludes halogenated alkanes) is 4. The summed E-state index contributed by atoms with van der Waals surface area (Å²) in [6.45, 7) is 10.3. The van der Waals surface area contributed by atoms with Crippen LogP contribution in [0.2, 0.25) is 0 Å². The summed E-state index contributed by atoms with van der Waals surface area (Å²) in [5.41, 5.74) is 0. The van der Waals surface area contributed by atoms with Gasteiger partial charge in [-0.15, -0.1) is 0 Å². The molecule has 0 radical (unpaired) electrons. The van der Waals surface area contributed by atoms with Crippen molar-refractivity contribution in [1.29, 1.82) is 0 Å². The van der Waals surface area contributed by atoms with E-state index in [1.807, 2.05) is 0 Å². The highest BCUT2D eigenvalue weighted by molar-refractivity contribution is 4.96. The molecule has 16 heavy (non-hydrogen) atoms. The Labute approximate surface area is 101 Å². The molecule has 0 fully saturated rings. The van der Waals surface area contributed by atoms with Gasteiger partial charge in [0.2, 0.25) is 0 Å². The molecule has 0 saturated carbocycles. The summed E-state index contributed by atoms with van der Waals surface area (Å²) in [5, 5.41) is 0. The van der Waals surface area contributed by atoms with Crippen LogP contribution >= 0.6 is 0 Å². The summed E-state index contributed by atoms with van der Waals surface area (Å²) >= 11 is 0. The fourth-order valence-corrected chi connectivity index (χ4v) is 2.35. The first-order valence-corrected chi connectivity index (χ1v) is 6.88. The van der Waals surface area contributed by atoms with Gasteiger partial charge in [0.1, 0.15) is 0 Å². The average molecular weight is 224 g/mol. The van der Waals surface area contributed by atoms with Gasteiger partial charge in [-0.3, -0.25) is 0 Å². The largest absolute Gasteiger partial charge is 0.356 e. The molecule has 1 unspecified atom stereocenters. The van der Waals surface area contributed by atoms with Gasteiger partial charge in [0.25, 0.3) is 0 Å². The molecule has 0 aromatic carbocycles. The summed E-state index contributed by atoms with van der Waals surface area (Å²) in [7, 11) is 0. The maximum Gasteiger partial charge on any atom is 0.0980 e. The van der Waals surface area contributed by atoms with Crippen molar-refractivity contribution >= 4 is 0 Å². The highest BCUT2D eigenvalue weighted by Gasteiger charge is 2.22. The molecule has 0 bridgehead atoms. The van der Waals surface area contributed by atoms with Crippen LogP contribution in [0.3, 0.4) is 0 Å². The van der Waals surface area contributed by atoms with E-state index in [4.69, 9.17) is 0 Å². The Balaban J connectivity index is 2.17. The Hall–Kier alpha value is -0.660. The molecule has 2 nitrogen and oxygen atoms in total. The third-order valence-corrected chi connectivity index (χ3v) is 3.46. The van der Waals surface area contributed by atoms with Crippen molar-refractivity contribution in [2.75, 3.05) is 6.54 Å². The van der Waals surface area contributed by atoms with Gasteiger partial charge in [-0.1, -0.05) is 32.6 Å². The second-order valence-corrected chi connectivity index (χ2v) is 5.12. The molecule has 2 heteroatoms. The normalized spacial score (nSPS) is 20.2. The maximum absolute atomic E-state index is 2.46. The van der Waals surface area contributed by atoms with Crippen LogP contribution in [0.15, 0.2) is 12.4 Å². The molecular weight excluding hydrogens is 196 g/mol. The van der Waals surface area contributed by atoms with Crippen LogP contribution in [0, 0.1) is 0 Å². The van der Waals surface area contributed by atoms with E-state index < -0.39 is 0 Å². The average Bonchev–Trinajstić information content (AvgIpc) is 2.60. The lowest BCUT2D eigenvalue weighted by atomic mass is 10.1. The van der Waals surface area contributed by atoms with Gasteiger partial charge < -0.3 is 9.80 Å². The van der Waals surface area contributed by atoms with Crippen molar-refractivity contribution in [1.82, 2.24) is 9.80 Å². The molecule has 0 saturated heterocycles. The second-order valence-electron chi connectivity index (χ2n) is 5.12.